The van der Waals surface area contributed by atoms with E-state index in [2.05, 4.69) is 13.1 Å². The molecule has 1 rings (SSSR count). The lowest BCUT2D eigenvalue weighted by atomic mass is 10.1. The molecule has 1 aromatic rings. The molecule has 2 heteroatoms. The van der Waals surface area contributed by atoms with Crippen molar-refractivity contribution in [1.82, 2.24) is 0 Å². The van der Waals surface area contributed by atoms with E-state index in [0.29, 0.717) is 5.56 Å². The van der Waals surface area contributed by atoms with Crippen molar-refractivity contribution in [3.05, 3.63) is 42.4 Å². The Morgan fingerprint density at radius 2 is 2.36 bits per heavy atom. The zero-order valence-corrected chi connectivity index (χ0v) is 6.25. The summed E-state index contributed by atoms with van der Waals surface area (Å²) in [5, 5.41) is 10.4. The second-order valence-electron chi connectivity index (χ2n) is 2.30. The van der Waals surface area contributed by atoms with Crippen LogP contribution in [-0.2, 0) is 6.54 Å². The molecule has 2 N–H and O–H groups in total. The van der Waals surface area contributed by atoms with Crippen LogP contribution in [0.2, 0.25) is 0 Å². The van der Waals surface area contributed by atoms with Gasteiger partial charge in [0.1, 0.15) is 0 Å². The molecule has 0 saturated heterocycles. The molecule has 0 fully saturated rings. The number of nitrogens with two attached hydrogens (primary N) is 1. The van der Waals surface area contributed by atoms with Gasteiger partial charge < -0.3 is 5.32 Å². The summed E-state index contributed by atoms with van der Waals surface area (Å²) in [6.07, 6.45) is 0. The van der Waals surface area contributed by atoms with Gasteiger partial charge in [-0.05, 0) is 12.1 Å². The first-order chi connectivity index (χ1) is 5.36. The maximum atomic E-state index is 8.55. The Labute approximate surface area is 66.5 Å². The van der Waals surface area contributed by atoms with Gasteiger partial charge in [-0.15, -0.1) is 0 Å². The first-order valence-electron chi connectivity index (χ1n) is 3.47. The molecular formula is C9H10N2. The highest BCUT2D eigenvalue weighted by atomic mass is 14.8. The smallest absolute Gasteiger partial charge is 0.0991 e. The summed E-state index contributed by atoms with van der Waals surface area (Å²) in [6, 6.07) is 9.64. The van der Waals surface area contributed by atoms with Crippen molar-refractivity contribution in [2.24, 2.45) is 0 Å². The Morgan fingerprint density at radius 3 is 3.00 bits per heavy atom. The van der Waals surface area contributed by atoms with E-state index in [1.54, 1.807) is 6.07 Å². The summed E-state index contributed by atoms with van der Waals surface area (Å²) < 4.78 is 0. The standard InChI is InChI=1S/C9H10N2/c1-11-7-9-4-2-3-8(5-9)6-10/h2-5H,1,7,11H2. The van der Waals surface area contributed by atoms with Crippen LogP contribution < -0.4 is 5.32 Å². The van der Waals surface area contributed by atoms with E-state index in [0.717, 1.165) is 12.1 Å². The lowest BCUT2D eigenvalue weighted by Gasteiger charge is -1.99. The zero-order chi connectivity index (χ0) is 8.10. The second kappa shape index (κ2) is 3.75. The lowest BCUT2D eigenvalue weighted by Crippen LogP contribution is -2.74. The van der Waals surface area contributed by atoms with Crippen molar-refractivity contribution in [2.75, 3.05) is 0 Å². The molecule has 0 heterocycles. The zero-order valence-electron chi connectivity index (χ0n) is 6.25. The molecule has 0 spiro atoms. The van der Waals surface area contributed by atoms with Crippen LogP contribution >= 0.6 is 0 Å². The first-order valence-corrected chi connectivity index (χ1v) is 3.47. The maximum absolute atomic E-state index is 8.55. The largest absolute Gasteiger partial charge is 0.475 e. The van der Waals surface area contributed by atoms with Crippen molar-refractivity contribution >= 4 is 0 Å². The number of quaternary nitrogens is 1. The minimum atomic E-state index is 0.712. The van der Waals surface area contributed by atoms with Crippen LogP contribution in [0.15, 0.2) is 24.3 Å². The van der Waals surface area contributed by atoms with Crippen LogP contribution in [0.1, 0.15) is 11.1 Å². The molecular weight excluding hydrogens is 136 g/mol. The number of hydrogen-bond acceptors (Lipinski definition) is 1. The highest BCUT2D eigenvalue weighted by Gasteiger charge is 1.92. The minimum Gasteiger partial charge on any atom is -0.475 e. The molecule has 0 bridgehead atoms. The molecule has 2 nitrogen and oxygen atoms in total. The average Bonchev–Trinajstić information content (AvgIpc) is 2.06. The number of benzene rings is 1. The van der Waals surface area contributed by atoms with Gasteiger partial charge >= 0.3 is 0 Å². The Kier molecular flexibility index (Phi) is 2.65. The first kappa shape index (κ1) is 7.77. The van der Waals surface area contributed by atoms with Gasteiger partial charge in [-0.25, -0.2) is 0 Å². The molecule has 0 saturated carbocycles. The summed E-state index contributed by atoms with van der Waals surface area (Å²) in [6.45, 7) is 0.829. The van der Waals surface area contributed by atoms with Crippen LogP contribution in [0.3, 0.4) is 0 Å². The third-order valence-electron chi connectivity index (χ3n) is 1.44. The average molecular weight is 146 g/mol. The van der Waals surface area contributed by atoms with Gasteiger partial charge in [-0.3, -0.25) is 0 Å². The van der Waals surface area contributed by atoms with E-state index in [4.69, 9.17) is 5.26 Å². The topological polar surface area (TPSA) is 40.4 Å². The molecule has 0 aromatic heterocycles. The lowest BCUT2D eigenvalue weighted by molar-refractivity contribution is -0.612. The van der Waals surface area contributed by atoms with E-state index in [1.165, 1.54) is 0 Å². The third-order valence-corrected chi connectivity index (χ3v) is 1.44. The normalized spacial score (nSPS) is 9.09. The molecule has 0 amide bonds. The second-order valence-corrected chi connectivity index (χ2v) is 2.30. The van der Waals surface area contributed by atoms with E-state index >= 15 is 0 Å². The van der Waals surface area contributed by atoms with Gasteiger partial charge in [-0.1, -0.05) is 12.1 Å². The van der Waals surface area contributed by atoms with Crippen LogP contribution in [-0.4, -0.2) is 0 Å². The van der Waals surface area contributed by atoms with Gasteiger partial charge in [0.2, 0.25) is 0 Å². The van der Waals surface area contributed by atoms with E-state index < -0.39 is 0 Å². The fourth-order valence-electron chi connectivity index (χ4n) is 0.935. The molecule has 11 heavy (non-hydrogen) atoms. The Balaban J connectivity index is 2.85. The van der Waals surface area contributed by atoms with E-state index in [-0.39, 0.29) is 0 Å². The molecule has 0 atom stereocenters. The molecule has 0 aliphatic heterocycles. The summed E-state index contributed by atoms with van der Waals surface area (Å²) in [4.78, 5) is 0. The molecule has 0 aliphatic rings. The monoisotopic (exact) mass is 146 g/mol. The summed E-state index contributed by atoms with van der Waals surface area (Å²) >= 11 is 0. The van der Waals surface area contributed by atoms with Gasteiger partial charge in [0.25, 0.3) is 0 Å². The predicted molar refractivity (Wildman–Crippen MR) is 42.1 cm³/mol. The molecule has 0 unspecified atom stereocenters. The van der Waals surface area contributed by atoms with Gasteiger partial charge in [0.15, 0.2) is 0 Å². The van der Waals surface area contributed by atoms with Gasteiger partial charge in [0, 0.05) is 5.56 Å². The summed E-state index contributed by atoms with van der Waals surface area (Å²) in [7, 11) is 3.63. The fraction of sp³-hybridized carbons (Fsp3) is 0.111. The van der Waals surface area contributed by atoms with Crippen molar-refractivity contribution in [1.29, 1.82) is 5.26 Å². The van der Waals surface area contributed by atoms with Crippen molar-refractivity contribution in [3.63, 3.8) is 0 Å². The van der Waals surface area contributed by atoms with Gasteiger partial charge in [-0.2, -0.15) is 12.3 Å². The number of hydrogen-bond donors (Lipinski definition) is 1. The number of nitrogens with zero attached hydrogens (tertiary/aromatic N) is 1. The van der Waals surface area contributed by atoms with E-state index in [9.17, 15) is 0 Å². The van der Waals surface area contributed by atoms with Crippen LogP contribution in [0, 0.1) is 18.4 Å². The Bertz CT molecular complexity index is 273. The van der Waals surface area contributed by atoms with Crippen molar-refractivity contribution in [3.8, 4) is 6.07 Å². The highest BCUT2D eigenvalue weighted by Crippen LogP contribution is 2.01. The molecule has 1 aromatic carbocycles. The maximum Gasteiger partial charge on any atom is 0.0991 e. The van der Waals surface area contributed by atoms with E-state index in [1.807, 2.05) is 23.5 Å². The van der Waals surface area contributed by atoms with Crippen LogP contribution in [0.5, 0.6) is 0 Å². The number of rotatable bonds is 2. The van der Waals surface area contributed by atoms with Crippen molar-refractivity contribution < 1.29 is 5.32 Å². The van der Waals surface area contributed by atoms with Crippen LogP contribution in [0.25, 0.3) is 0 Å². The highest BCUT2D eigenvalue weighted by molar-refractivity contribution is 5.32. The van der Waals surface area contributed by atoms with Crippen LogP contribution in [0.4, 0.5) is 0 Å². The summed E-state index contributed by atoms with van der Waals surface area (Å²) in [5.41, 5.74) is 1.85. The molecule has 56 valence electrons. The Hall–Kier alpha value is -1.33. The fourth-order valence-corrected chi connectivity index (χ4v) is 0.935. The van der Waals surface area contributed by atoms with Gasteiger partial charge in [0.05, 0.1) is 18.2 Å². The predicted octanol–water partition coefficient (Wildman–Crippen LogP) is 0.413. The Morgan fingerprint density at radius 1 is 1.55 bits per heavy atom. The summed E-state index contributed by atoms with van der Waals surface area (Å²) in [5.74, 6) is 0. The minimum absolute atomic E-state index is 0.712. The molecule has 0 aliphatic carbocycles. The molecule has 0 radical (unpaired) electrons. The number of nitriles is 1. The SMILES string of the molecule is [CH2-][NH2+]Cc1cccc(C#N)c1. The van der Waals surface area contributed by atoms with Crippen molar-refractivity contribution in [2.45, 2.75) is 6.54 Å². The third kappa shape index (κ3) is 2.06. The quantitative estimate of drug-likeness (QED) is 0.603.